The fraction of sp³-hybridized carbons (Fsp3) is 0.533. The summed E-state index contributed by atoms with van der Waals surface area (Å²) in [6.07, 6.45) is 1.65. The first-order valence-electron chi connectivity index (χ1n) is 7.58. The Hall–Kier alpha value is -1.60. The average Bonchev–Trinajstić information content (AvgIpc) is 2.85. The third-order valence-electron chi connectivity index (χ3n) is 3.63. The molecule has 1 heterocycles. The molecule has 1 aliphatic rings. The van der Waals surface area contributed by atoms with Crippen molar-refractivity contribution in [2.45, 2.75) is 12.8 Å². The first kappa shape index (κ1) is 16.8. The second-order valence-corrected chi connectivity index (χ2v) is 7.32. The number of hydrogen-bond donors (Lipinski definition) is 2. The van der Waals surface area contributed by atoms with Gasteiger partial charge in [0.1, 0.15) is 0 Å². The van der Waals surface area contributed by atoms with Gasteiger partial charge in [-0.25, -0.2) is 12.7 Å². The average molecular weight is 324 g/mol. The van der Waals surface area contributed by atoms with Crippen LogP contribution < -0.4 is 10.6 Å². The summed E-state index contributed by atoms with van der Waals surface area (Å²) in [6.45, 7) is 2.46. The number of rotatable bonds is 6. The van der Waals surface area contributed by atoms with Crippen molar-refractivity contribution in [1.29, 1.82) is 0 Å². The molecule has 1 saturated heterocycles. The predicted molar refractivity (Wildman–Crippen MR) is 89.5 cm³/mol. The maximum absolute atomic E-state index is 11.7. The summed E-state index contributed by atoms with van der Waals surface area (Å²) in [7, 11) is -1.30. The summed E-state index contributed by atoms with van der Waals surface area (Å²) in [4.78, 5) is 4.15. The molecule has 1 aromatic carbocycles. The van der Waals surface area contributed by atoms with Gasteiger partial charge in [0, 0.05) is 33.2 Å². The molecule has 1 aromatic rings. The molecule has 22 heavy (non-hydrogen) atoms. The molecule has 122 valence electrons. The van der Waals surface area contributed by atoms with Gasteiger partial charge in [0.15, 0.2) is 5.96 Å². The van der Waals surface area contributed by atoms with Gasteiger partial charge in [0.05, 0.1) is 5.75 Å². The fourth-order valence-electron chi connectivity index (χ4n) is 2.43. The Labute approximate surface area is 132 Å². The smallest absolute Gasteiger partial charge is 0.214 e. The molecule has 0 radical (unpaired) electrons. The standard InChI is InChI=1S/C15H24N4O2S/c1-16-15(17-9-8-14-6-3-2-4-7-14)18-10-12-19-11-5-13-22(19,20)21/h2-4,6-7H,5,8-13H2,1H3,(H2,16,17,18). The van der Waals surface area contributed by atoms with E-state index in [1.807, 2.05) is 18.2 Å². The van der Waals surface area contributed by atoms with Gasteiger partial charge in [-0.05, 0) is 18.4 Å². The van der Waals surface area contributed by atoms with Crippen molar-refractivity contribution >= 4 is 16.0 Å². The largest absolute Gasteiger partial charge is 0.356 e. The van der Waals surface area contributed by atoms with Crippen molar-refractivity contribution in [2.24, 2.45) is 4.99 Å². The lowest BCUT2D eigenvalue weighted by atomic mass is 10.1. The van der Waals surface area contributed by atoms with E-state index in [0.29, 0.717) is 25.6 Å². The summed E-state index contributed by atoms with van der Waals surface area (Å²) in [5.74, 6) is 0.976. The molecule has 2 N–H and O–H groups in total. The van der Waals surface area contributed by atoms with Crippen LogP contribution in [0.1, 0.15) is 12.0 Å². The molecule has 0 aliphatic carbocycles. The summed E-state index contributed by atoms with van der Waals surface area (Å²) in [5.41, 5.74) is 1.27. The monoisotopic (exact) mass is 324 g/mol. The highest BCUT2D eigenvalue weighted by Crippen LogP contribution is 2.11. The van der Waals surface area contributed by atoms with E-state index in [1.54, 1.807) is 7.05 Å². The highest BCUT2D eigenvalue weighted by Gasteiger charge is 2.27. The van der Waals surface area contributed by atoms with Gasteiger partial charge >= 0.3 is 0 Å². The Bertz CT molecular complexity index is 587. The molecule has 0 spiro atoms. The van der Waals surface area contributed by atoms with E-state index in [1.165, 1.54) is 9.87 Å². The topological polar surface area (TPSA) is 73.8 Å². The number of guanidine groups is 1. The minimum Gasteiger partial charge on any atom is -0.356 e. The lowest BCUT2D eigenvalue weighted by molar-refractivity contribution is 0.445. The van der Waals surface area contributed by atoms with Crippen molar-refractivity contribution in [3.05, 3.63) is 35.9 Å². The summed E-state index contributed by atoms with van der Waals surface area (Å²) in [5, 5.41) is 6.39. The highest BCUT2D eigenvalue weighted by atomic mass is 32.2. The second-order valence-electron chi connectivity index (χ2n) is 5.23. The normalized spacial score (nSPS) is 18.3. The van der Waals surface area contributed by atoms with Crippen LogP contribution in [0.15, 0.2) is 35.3 Å². The van der Waals surface area contributed by atoms with Crippen LogP contribution in [-0.2, 0) is 16.4 Å². The molecule has 7 heteroatoms. The van der Waals surface area contributed by atoms with Gasteiger partial charge in [-0.15, -0.1) is 0 Å². The van der Waals surface area contributed by atoms with E-state index < -0.39 is 10.0 Å². The molecule has 0 bridgehead atoms. The maximum atomic E-state index is 11.7. The van der Waals surface area contributed by atoms with Crippen molar-refractivity contribution in [3.63, 3.8) is 0 Å². The van der Waals surface area contributed by atoms with E-state index >= 15 is 0 Å². The van der Waals surface area contributed by atoms with Crippen LogP contribution in [0.2, 0.25) is 0 Å². The number of hydrogen-bond acceptors (Lipinski definition) is 3. The SMILES string of the molecule is CN=C(NCCc1ccccc1)NCCN1CCCS1(=O)=O. The van der Waals surface area contributed by atoms with Crippen molar-refractivity contribution in [1.82, 2.24) is 14.9 Å². The van der Waals surface area contributed by atoms with E-state index in [4.69, 9.17) is 0 Å². The number of benzene rings is 1. The number of nitrogens with zero attached hydrogens (tertiary/aromatic N) is 2. The first-order valence-corrected chi connectivity index (χ1v) is 9.19. The zero-order valence-electron chi connectivity index (χ0n) is 13.0. The van der Waals surface area contributed by atoms with E-state index in [2.05, 4.69) is 27.8 Å². The first-order chi connectivity index (χ1) is 10.6. The molecule has 6 nitrogen and oxygen atoms in total. The quantitative estimate of drug-likeness (QED) is 0.588. The van der Waals surface area contributed by atoms with Crippen molar-refractivity contribution < 1.29 is 8.42 Å². The van der Waals surface area contributed by atoms with Crippen LogP contribution in [-0.4, -0.2) is 57.7 Å². The number of aliphatic imine (C=N–C) groups is 1. The van der Waals surface area contributed by atoms with E-state index in [0.717, 1.165) is 19.4 Å². The summed E-state index contributed by atoms with van der Waals surface area (Å²) < 4.78 is 24.9. The molecular formula is C15H24N4O2S. The minimum absolute atomic E-state index is 0.275. The molecule has 1 fully saturated rings. The van der Waals surface area contributed by atoms with E-state index in [-0.39, 0.29) is 5.75 Å². The Morgan fingerprint density at radius 1 is 1.23 bits per heavy atom. The van der Waals surface area contributed by atoms with Crippen LogP contribution in [0.25, 0.3) is 0 Å². The lowest BCUT2D eigenvalue weighted by Crippen LogP contribution is -2.42. The van der Waals surface area contributed by atoms with Crippen molar-refractivity contribution in [3.8, 4) is 0 Å². The van der Waals surface area contributed by atoms with Crippen LogP contribution >= 0.6 is 0 Å². The molecule has 0 aromatic heterocycles. The molecule has 1 aliphatic heterocycles. The summed E-state index contributed by atoms with van der Waals surface area (Å²) in [6, 6.07) is 10.2. The van der Waals surface area contributed by atoms with Gasteiger partial charge in [0.2, 0.25) is 10.0 Å². The lowest BCUT2D eigenvalue weighted by Gasteiger charge is -2.16. The molecule has 0 saturated carbocycles. The van der Waals surface area contributed by atoms with Gasteiger partial charge in [0.25, 0.3) is 0 Å². The summed E-state index contributed by atoms with van der Waals surface area (Å²) >= 11 is 0. The van der Waals surface area contributed by atoms with Gasteiger partial charge in [-0.3, -0.25) is 4.99 Å². The molecular weight excluding hydrogens is 300 g/mol. The minimum atomic E-state index is -3.01. The number of nitrogens with one attached hydrogen (secondary N) is 2. The number of sulfonamides is 1. The Kier molecular flexibility index (Phi) is 6.21. The third kappa shape index (κ3) is 4.99. The zero-order chi connectivity index (χ0) is 15.8. The zero-order valence-corrected chi connectivity index (χ0v) is 13.8. The molecule has 0 amide bonds. The maximum Gasteiger partial charge on any atom is 0.214 e. The molecule has 0 atom stereocenters. The second kappa shape index (κ2) is 8.14. The Balaban J connectivity index is 1.67. The van der Waals surface area contributed by atoms with Crippen LogP contribution in [0.3, 0.4) is 0 Å². The van der Waals surface area contributed by atoms with Gasteiger partial charge < -0.3 is 10.6 Å². The van der Waals surface area contributed by atoms with Gasteiger partial charge in [-0.1, -0.05) is 30.3 Å². The van der Waals surface area contributed by atoms with Gasteiger partial charge in [-0.2, -0.15) is 0 Å². The molecule has 2 rings (SSSR count). The fourth-order valence-corrected chi connectivity index (χ4v) is 3.96. The highest BCUT2D eigenvalue weighted by molar-refractivity contribution is 7.89. The van der Waals surface area contributed by atoms with Crippen LogP contribution in [0.4, 0.5) is 0 Å². The predicted octanol–water partition coefficient (Wildman–Crippen LogP) is 0.430. The van der Waals surface area contributed by atoms with Crippen LogP contribution in [0.5, 0.6) is 0 Å². The van der Waals surface area contributed by atoms with E-state index in [9.17, 15) is 8.42 Å². The Morgan fingerprint density at radius 2 is 1.95 bits per heavy atom. The third-order valence-corrected chi connectivity index (χ3v) is 5.59. The Morgan fingerprint density at radius 3 is 2.59 bits per heavy atom. The molecule has 0 unspecified atom stereocenters. The van der Waals surface area contributed by atoms with Crippen molar-refractivity contribution in [2.75, 3.05) is 39.0 Å². The van der Waals surface area contributed by atoms with Crippen LogP contribution in [0, 0.1) is 0 Å².